The van der Waals surface area contributed by atoms with Crippen molar-refractivity contribution < 1.29 is 27.4 Å². The van der Waals surface area contributed by atoms with Gasteiger partial charge in [0.1, 0.15) is 17.6 Å². The Bertz CT molecular complexity index is 484. The van der Waals surface area contributed by atoms with Gasteiger partial charge in [0.05, 0.1) is 7.11 Å². The average Bonchev–Trinajstić information content (AvgIpc) is 2.32. The highest BCUT2D eigenvalue weighted by atomic mass is 35.5. The zero-order valence-electron chi connectivity index (χ0n) is 9.78. The van der Waals surface area contributed by atoms with Crippen LogP contribution in [-0.4, -0.2) is 25.7 Å². The molecule has 1 fully saturated rings. The molecule has 1 aliphatic heterocycles. The Hall–Kier alpha value is -1.63. The number of cyclic esters (lactones) is 1. The maximum absolute atomic E-state index is 13.7. The summed E-state index contributed by atoms with van der Waals surface area (Å²) in [6.07, 6.45) is -0.975. The molecule has 0 radical (unpaired) electrons. The molecule has 1 N–H and O–H groups in total. The fraction of sp³-hybridized carbons (Fsp3) is 0.364. The van der Waals surface area contributed by atoms with Crippen molar-refractivity contribution >= 4 is 18.5 Å². The first-order valence-electron chi connectivity index (χ1n) is 5.08. The van der Waals surface area contributed by atoms with Gasteiger partial charge in [0, 0.05) is 5.56 Å². The van der Waals surface area contributed by atoms with E-state index in [2.05, 4.69) is 4.74 Å². The molecule has 0 aliphatic carbocycles. The normalized spacial score (nSPS) is 20.8. The highest BCUT2D eigenvalue weighted by molar-refractivity contribution is 5.85. The lowest BCUT2D eigenvalue weighted by molar-refractivity contribution is -0.104. The number of rotatable bonds is 2. The number of ether oxygens (including phenoxy) is 2. The molecule has 1 aromatic rings. The summed E-state index contributed by atoms with van der Waals surface area (Å²) in [6, 6.07) is 1.54. The largest absolute Gasteiger partial charge is 0.496 e. The van der Waals surface area contributed by atoms with Gasteiger partial charge in [0.2, 0.25) is 0 Å². The number of carbonyl (C=O) groups excluding carboxylic acids is 1. The van der Waals surface area contributed by atoms with E-state index in [1.807, 2.05) is 5.32 Å². The van der Waals surface area contributed by atoms with Gasteiger partial charge in [-0.1, -0.05) is 0 Å². The van der Waals surface area contributed by atoms with E-state index >= 15 is 0 Å². The third kappa shape index (κ3) is 3.04. The molecule has 0 bridgehead atoms. The van der Waals surface area contributed by atoms with Crippen molar-refractivity contribution in [1.29, 1.82) is 0 Å². The Morgan fingerprint density at radius 3 is 2.79 bits per heavy atom. The minimum Gasteiger partial charge on any atom is -0.496 e. The standard InChI is InChI=1S/C11H10F3NO3.ClH/c1-17-8-3-2-6(12)4-7(8)9-11(13,14)5-18-10(16)15-9;/h2-4,9H,5H2,1H3,(H,15,16);1H/t9-;/m1./s1. The van der Waals surface area contributed by atoms with Crippen molar-refractivity contribution in [3.63, 3.8) is 0 Å². The Balaban J connectivity index is 0.00000180. The number of hydrogen-bond acceptors (Lipinski definition) is 3. The van der Waals surface area contributed by atoms with Gasteiger partial charge in [0.25, 0.3) is 0 Å². The summed E-state index contributed by atoms with van der Waals surface area (Å²) < 4.78 is 49.6. The summed E-state index contributed by atoms with van der Waals surface area (Å²) in [5.41, 5.74) is -0.126. The molecule has 19 heavy (non-hydrogen) atoms. The third-order valence-corrected chi connectivity index (χ3v) is 2.58. The van der Waals surface area contributed by atoms with Gasteiger partial charge in [-0.25, -0.2) is 18.0 Å². The predicted molar refractivity (Wildman–Crippen MR) is 62.4 cm³/mol. The fourth-order valence-electron chi connectivity index (χ4n) is 1.75. The molecule has 1 amide bonds. The Kier molecular flexibility index (Phi) is 4.52. The van der Waals surface area contributed by atoms with E-state index in [1.54, 1.807) is 0 Å². The van der Waals surface area contributed by atoms with Crippen LogP contribution in [-0.2, 0) is 4.74 Å². The van der Waals surface area contributed by atoms with Crippen molar-refractivity contribution in [1.82, 2.24) is 5.32 Å². The molecule has 0 spiro atoms. The first kappa shape index (κ1) is 15.4. The number of halogens is 4. The van der Waals surface area contributed by atoms with E-state index in [-0.39, 0.29) is 23.7 Å². The second-order valence-electron chi connectivity index (χ2n) is 3.80. The number of amides is 1. The number of methoxy groups -OCH3 is 1. The first-order valence-corrected chi connectivity index (χ1v) is 5.08. The van der Waals surface area contributed by atoms with Crippen molar-refractivity contribution in [3.05, 3.63) is 29.6 Å². The van der Waals surface area contributed by atoms with Crippen LogP contribution in [0, 0.1) is 5.82 Å². The lowest BCUT2D eigenvalue weighted by Gasteiger charge is -2.32. The monoisotopic (exact) mass is 297 g/mol. The van der Waals surface area contributed by atoms with Crippen LogP contribution in [0.1, 0.15) is 11.6 Å². The Morgan fingerprint density at radius 2 is 2.16 bits per heavy atom. The number of nitrogens with one attached hydrogen (secondary N) is 1. The lowest BCUT2D eigenvalue weighted by Crippen LogP contribution is -2.49. The zero-order valence-corrected chi connectivity index (χ0v) is 10.6. The van der Waals surface area contributed by atoms with Gasteiger partial charge in [-0.3, -0.25) is 0 Å². The van der Waals surface area contributed by atoms with E-state index in [1.165, 1.54) is 13.2 Å². The molecule has 0 aromatic heterocycles. The number of hydrogen-bond donors (Lipinski definition) is 1. The number of alkyl carbamates (subject to hydrolysis) is 1. The smallest absolute Gasteiger partial charge is 0.408 e. The lowest BCUT2D eigenvalue weighted by atomic mass is 9.99. The van der Waals surface area contributed by atoms with Crippen LogP contribution in [0.5, 0.6) is 5.75 Å². The molecule has 1 aromatic carbocycles. The maximum Gasteiger partial charge on any atom is 0.408 e. The van der Waals surface area contributed by atoms with Gasteiger partial charge in [-0.15, -0.1) is 12.4 Å². The molecule has 8 heteroatoms. The third-order valence-electron chi connectivity index (χ3n) is 2.58. The van der Waals surface area contributed by atoms with Crippen molar-refractivity contribution in [2.45, 2.75) is 12.0 Å². The van der Waals surface area contributed by atoms with Crippen molar-refractivity contribution in [2.24, 2.45) is 0 Å². The van der Waals surface area contributed by atoms with Gasteiger partial charge in [-0.05, 0) is 18.2 Å². The Morgan fingerprint density at radius 1 is 1.47 bits per heavy atom. The molecule has 1 saturated heterocycles. The minimum absolute atomic E-state index is 0. The van der Waals surface area contributed by atoms with Crippen LogP contribution in [0.15, 0.2) is 18.2 Å². The topological polar surface area (TPSA) is 47.6 Å². The molecule has 1 atom stereocenters. The van der Waals surface area contributed by atoms with E-state index in [0.29, 0.717) is 0 Å². The van der Waals surface area contributed by atoms with E-state index < -0.39 is 30.5 Å². The van der Waals surface area contributed by atoms with Crippen molar-refractivity contribution in [3.8, 4) is 5.75 Å². The average molecular weight is 298 g/mol. The highest BCUT2D eigenvalue weighted by Crippen LogP contribution is 2.38. The molecular formula is C11H11ClF3NO3. The van der Waals surface area contributed by atoms with Crippen LogP contribution < -0.4 is 10.1 Å². The van der Waals surface area contributed by atoms with Crippen LogP contribution in [0.25, 0.3) is 0 Å². The summed E-state index contributed by atoms with van der Waals surface area (Å²) in [6.45, 7) is -1.05. The summed E-state index contributed by atoms with van der Waals surface area (Å²) in [4.78, 5) is 11.0. The summed E-state index contributed by atoms with van der Waals surface area (Å²) >= 11 is 0. The molecule has 2 rings (SSSR count). The van der Waals surface area contributed by atoms with Gasteiger partial charge in [0.15, 0.2) is 6.61 Å². The highest BCUT2D eigenvalue weighted by Gasteiger charge is 2.48. The number of alkyl halides is 2. The van der Waals surface area contributed by atoms with Crippen molar-refractivity contribution in [2.75, 3.05) is 13.7 Å². The second-order valence-corrected chi connectivity index (χ2v) is 3.80. The van der Waals surface area contributed by atoms with Crippen LogP contribution in [0.4, 0.5) is 18.0 Å². The van der Waals surface area contributed by atoms with E-state index in [9.17, 15) is 18.0 Å². The van der Waals surface area contributed by atoms with Crippen LogP contribution in [0.2, 0.25) is 0 Å². The Labute approximate surface area is 113 Å². The second kappa shape index (κ2) is 5.56. The van der Waals surface area contributed by atoms with E-state index in [0.717, 1.165) is 12.1 Å². The molecule has 1 heterocycles. The first-order chi connectivity index (χ1) is 8.44. The summed E-state index contributed by atoms with van der Waals surface area (Å²) in [5, 5.41) is 1.97. The van der Waals surface area contributed by atoms with Gasteiger partial charge < -0.3 is 14.8 Å². The predicted octanol–water partition coefficient (Wildman–Crippen LogP) is 2.67. The fourth-order valence-corrected chi connectivity index (χ4v) is 1.75. The number of benzene rings is 1. The molecular weight excluding hydrogens is 287 g/mol. The molecule has 1 aliphatic rings. The molecule has 106 valence electrons. The maximum atomic E-state index is 13.7. The van der Waals surface area contributed by atoms with Gasteiger partial charge >= 0.3 is 12.0 Å². The molecule has 0 unspecified atom stereocenters. The quantitative estimate of drug-likeness (QED) is 0.913. The van der Waals surface area contributed by atoms with E-state index in [4.69, 9.17) is 4.74 Å². The zero-order chi connectivity index (χ0) is 13.3. The number of carbonyl (C=O) groups is 1. The minimum atomic E-state index is -3.34. The SMILES string of the molecule is COc1ccc(F)cc1[C@H]1NC(=O)OCC1(F)F.Cl. The van der Waals surface area contributed by atoms with Crippen LogP contribution >= 0.6 is 12.4 Å². The summed E-state index contributed by atoms with van der Waals surface area (Å²) in [5.74, 6) is -3.96. The van der Waals surface area contributed by atoms with Crippen LogP contribution in [0.3, 0.4) is 0 Å². The molecule has 4 nitrogen and oxygen atoms in total. The van der Waals surface area contributed by atoms with Gasteiger partial charge in [-0.2, -0.15) is 0 Å². The summed E-state index contributed by atoms with van der Waals surface area (Å²) in [7, 11) is 1.27. The molecule has 0 saturated carbocycles.